The lowest BCUT2D eigenvalue weighted by atomic mass is 9.99. The van der Waals surface area contributed by atoms with Gasteiger partial charge in [-0.1, -0.05) is 50.2 Å². The maximum atomic E-state index is 13.6. The third kappa shape index (κ3) is 7.87. The van der Waals surface area contributed by atoms with Crippen LogP contribution in [0.5, 0.6) is 5.75 Å². The van der Waals surface area contributed by atoms with Gasteiger partial charge in [0, 0.05) is 30.8 Å². The molecule has 3 aromatic rings. The minimum absolute atomic E-state index is 0.0464. The van der Waals surface area contributed by atoms with Crippen LogP contribution in [0.1, 0.15) is 35.3 Å². The molecule has 214 valence electrons. The lowest BCUT2D eigenvalue weighted by Gasteiger charge is -2.31. The number of methoxy groups -OCH3 is 1. The maximum Gasteiger partial charge on any atom is 0.270 e. The average Bonchev–Trinajstić information content (AvgIpc) is 2.92. The first kappa shape index (κ1) is 30.7. The number of hydrogen-bond acceptors (Lipinski definition) is 7. The third-order valence-electron chi connectivity index (χ3n) is 6.41. The molecule has 0 aliphatic carbocycles. The topological polar surface area (TPSA) is 139 Å². The highest BCUT2D eigenvalue weighted by Crippen LogP contribution is 2.22. The van der Waals surface area contributed by atoms with Crippen LogP contribution in [0, 0.1) is 23.0 Å². The number of hydrogen-bond donors (Lipinski definition) is 2. The highest BCUT2D eigenvalue weighted by molar-refractivity contribution is 7.89. The number of nitrogens with zero attached hydrogens (tertiary/aromatic N) is 2. The Hall–Kier alpha value is -3.80. The van der Waals surface area contributed by atoms with Gasteiger partial charge in [-0.25, -0.2) is 8.42 Å². The number of non-ortho nitro benzene ring substituents is 1. The summed E-state index contributed by atoms with van der Waals surface area (Å²) in [5, 5.41) is 25.5. The summed E-state index contributed by atoms with van der Waals surface area (Å²) in [6.07, 6.45) is -1.09. The Balaban J connectivity index is 1.93. The van der Waals surface area contributed by atoms with Gasteiger partial charge in [0.25, 0.3) is 11.6 Å². The van der Waals surface area contributed by atoms with Crippen molar-refractivity contribution in [3.05, 3.63) is 99.6 Å². The van der Waals surface area contributed by atoms with Gasteiger partial charge in [-0.15, -0.1) is 0 Å². The highest BCUT2D eigenvalue weighted by atomic mass is 32.2. The smallest absolute Gasteiger partial charge is 0.270 e. The molecule has 0 spiro atoms. The number of ether oxygens (including phenoxy) is 1. The number of benzene rings is 3. The van der Waals surface area contributed by atoms with Crippen LogP contribution >= 0.6 is 0 Å². The molecular weight excluding hydrogens is 534 g/mol. The van der Waals surface area contributed by atoms with Gasteiger partial charge in [0.2, 0.25) is 10.0 Å². The third-order valence-corrected chi connectivity index (χ3v) is 8.26. The summed E-state index contributed by atoms with van der Waals surface area (Å²) in [4.78, 5) is 24.0. The standard InChI is InChI=1S/C29H35N3O7S/c1-20(2)18-31(40(37,38)25-14-12-24(39-4)13-15-25)19-28(33)27(16-22-8-6-5-7-9-22)30-29(34)26-17-23(32(35)36)11-10-21(26)3/h5-15,17,20,27-28,33H,16,18-19H2,1-4H3,(H,30,34)/t27?,28-/m1/s1. The van der Waals surface area contributed by atoms with Crippen molar-refractivity contribution in [2.24, 2.45) is 5.92 Å². The molecule has 2 N–H and O–H groups in total. The first-order chi connectivity index (χ1) is 18.9. The van der Waals surface area contributed by atoms with E-state index in [-0.39, 0.29) is 41.6 Å². The Morgan fingerprint density at radius 2 is 1.70 bits per heavy atom. The molecule has 0 radical (unpaired) electrons. The molecule has 3 rings (SSSR count). The fraction of sp³-hybridized carbons (Fsp3) is 0.345. The van der Waals surface area contributed by atoms with E-state index < -0.39 is 33.0 Å². The number of carbonyl (C=O) groups is 1. The van der Waals surface area contributed by atoms with Gasteiger partial charge in [0.05, 0.1) is 29.1 Å². The average molecular weight is 570 g/mol. The molecule has 1 amide bonds. The van der Waals surface area contributed by atoms with Gasteiger partial charge in [0.1, 0.15) is 5.75 Å². The zero-order valence-corrected chi connectivity index (χ0v) is 23.8. The molecule has 10 nitrogen and oxygen atoms in total. The summed E-state index contributed by atoms with van der Waals surface area (Å²) in [5.41, 5.74) is 1.21. The van der Waals surface area contributed by atoms with E-state index in [9.17, 15) is 28.4 Å². The van der Waals surface area contributed by atoms with Crippen LogP contribution in [0.4, 0.5) is 5.69 Å². The largest absolute Gasteiger partial charge is 0.497 e. The molecule has 1 unspecified atom stereocenters. The number of nitro benzene ring substituents is 1. The number of nitrogens with one attached hydrogen (secondary N) is 1. The molecule has 0 aliphatic rings. The Morgan fingerprint density at radius 3 is 2.27 bits per heavy atom. The van der Waals surface area contributed by atoms with E-state index in [0.29, 0.717) is 11.3 Å². The van der Waals surface area contributed by atoms with Crippen molar-refractivity contribution < 1.29 is 28.0 Å². The summed E-state index contributed by atoms with van der Waals surface area (Å²) in [6.45, 7) is 5.27. The normalized spacial score (nSPS) is 13.2. The van der Waals surface area contributed by atoms with E-state index in [2.05, 4.69) is 5.32 Å². The molecule has 0 aliphatic heterocycles. The number of nitro groups is 1. The number of sulfonamides is 1. The SMILES string of the molecule is COc1ccc(S(=O)(=O)N(CC(C)C)C[C@@H](O)C(Cc2ccccc2)NC(=O)c2cc([N+](=O)[O-])ccc2C)cc1. The lowest BCUT2D eigenvalue weighted by Crippen LogP contribution is -2.51. The molecule has 0 aromatic heterocycles. The second-order valence-electron chi connectivity index (χ2n) is 9.98. The van der Waals surface area contributed by atoms with Crippen molar-refractivity contribution >= 4 is 21.6 Å². The monoisotopic (exact) mass is 569 g/mol. The fourth-order valence-corrected chi connectivity index (χ4v) is 5.90. The van der Waals surface area contributed by atoms with Gasteiger partial charge in [-0.2, -0.15) is 4.31 Å². The summed E-state index contributed by atoms with van der Waals surface area (Å²) >= 11 is 0. The van der Waals surface area contributed by atoms with E-state index in [0.717, 1.165) is 5.56 Å². The summed E-state index contributed by atoms with van der Waals surface area (Å²) < 4.78 is 33.5. The Morgan fingerprint density at radius 1 is 1.05 bits per heavy atom. The van der Waals surface area contributed by atoms with Crippen molar-refractivity contribution in [3.8, 4) is 5.75 Å². The summed E-state index contributed by atoms with van der Waals surface area (Å²) in [5.74, 6) is -0.138. The number of carbonyl (C=O) groups excluding carboxylic acids is 1. The lowest BCUT2D eigenvalue weighted by molar-refractivity contribution is -0.384. The van der Waals surface area contributed by atoms with E-state index in [1.54, 1.807) is 19.1 Å². The van der Waals surface area contributed by atoms with Crippen LogP contribution in [0.3, 0.4) is 0 Å². The summed E-state index contributed by atoms with van der Waals surface area (Å²) in [6, 6.07) is 18.3. The molecule has 0 saturated heterocycles. The van der Waals surface area contributed by atoms with Crippen molar-refractivity contribution in [1.82, 2.24) is 9.62 Å². The van der Waals surface area contributed by atoms with Crippen LogP contribution in [-0.4, -0.2) is 61.0 Å². The molecule has 0 saturated carbocycles. The van der Waals surface area contributed by atoms with Crippen molar-refractivity contribution in [1.29, 1.82) is 0 Å². The van der Waals surface area contributed by atoms with Crippen LogP contribution in [0.25, 0.3) is 0 Å². The van der Waals surface area contributed by atoms with Gasteiger partial charge in [-0.3, -0.25) is 14.9 Å². The molecule has 0 bridgehead atoms. The molecule has 3 aromatic carbocycles. The van der Waals surface area contributed by atoms with Gasteiger partial charge >= 0.3 is 0 Å². The predicted octanol–water partition coefficient (Wildman–Crippen LogP) is 3.96. The van der Waals surface area contributed by atoms with Crippen LogP contribution < -0.4 is 10.1 Å². The number of aryl methyl sites for hydroxylation is 1. The predicted molar refractivity (Wildman–Crippen MR) is 152 cm³/mol. The molecule has 0 fully saturated rings. The highest BCUT2D eigenvalue weighted by Gasteiger charge is 2.32. The van der Waals surface area contributed by atoms with Gasteiger partial charge in [-0.05, 0) is 54.7 Å². The van der Waals surface area contributed by atoms with Crippen LogP contribution in [0.15, 0.2) is 77.7 Å². The van der Waals surface area contributed by atoms with E-state index in [1.807, 2.05) is 44.2 Å². The molecule has 11 heteroatoms. The van der Waals surface area contributed by atoms with Crippen molar-refractivity contribution in [3.63, 3.8) is 0 Å². The number of rotatable bonds is 13. The van der Waals surface area contributed by atoms with Gasteiger partial charge in [0.15, 0.2) is 0 Å². The first-order valence-electron chi connectivity index (χ1n) is 12.8. The van der Waals surface area contributed by atoms with Crippen LogP contribution in [-0.2, 0) is 16.4 Å². The minimum Gasteiger partial charge on any atom is -0.497 e. The van der Waals surface area contributed by atoms with Gasteiger partial charge < -0.3 is 15.2 Å². The Kier molecular flexibility index (Phi) is 10.4. The molecule has 0 heterocycles. The van der Waals surface area contributed by atoms with Crippen molar-refractivity contribution in [2.45, 2.75) is 44.2 Å². The first-order valence-corrected chi connectivity index (χ1v) is 14.3. The number of aliphatic hydroxyl groups is 1. The zero-order chi connectivity index (χ0) is 29.4. The maximum absolute atomic E-state index is 13.6. The van der Waals surface area contributed by atoms with Crippen LogP contribution in [0.2, 0.25) is 0 Å². The van der Waals surface area contributed by atoms with Crippen molar-refractivity contribution in [2.75, 3.05) is 20.2 Å². The second-order valence-corrected chi connectivity index (χ2v) is 11.9. The fourth-order valence-electron chi connectivity index (χ4n) is 4.28. The zero-order valence-electron chi connectivity index (χ0n) is 23.0. The van der Waals surface area contributed by atoms with E-state index in [1.165, 1.54) is 41.7 Å². The van der Waals surface area contributed by atoms with E-state index in [4.69, 9.17) is 4.74 Å². The molecule has 2 atom stereocenters. The minimum atomic E-state index is -3.99. The Bertz CT molecular complexity index is 1410. The number of amides is 1. The number of aliphatic hydroxyl groups excluding tert-OH is 1. The van der Waals surface area contributed by atoms with E-state index >= 15 is 0 Å². The second kappa shape index (κ2) is 13.5. The quantitative estimate of drug-likeness (QED) is 0.235. The molecule has 40 heavy (non-hydrogen) atoms. The molecular formula is C29H35N3O7S. The summed E-state index contributed by atoms with van der Waals surface area (Å²) in [7, 11) is -2.51. The Labute approximate surface area is 234 Å².